The number of pyridine rings is 1. The average Bonchev–Trinajstić information content (AvgIpc) is 1.99. The number of nitrogens with zero attached hydrogens (tertiary/aromatic N) is 1. The Morgan fingerprint density at radius 1 is 1.47 bits per heavy atom. The molecule has 0 fully saturated rings. The number of hydrogen-bond donors (Lipinski definition) is 1. The molecule has 15 heavy (non-hydrogen) atoms. The van der Waals surface area contributed by atoms with Crippen molar-refractivity contribution in [3.8, 4) is 5.75 Å². The molecule has 0 spiro atoms. The van der Waals surface area contributed by atoms with Crippen LogP contribution in [0.5, 0.6) is 5.75 Å². The molecule has 1 aromatic rings. The van der Waals surface area contributed by atoms with Crippen LogP contribution in [0.2, 0.25) is 0 Å². The smallest absolute Gasteiger partial charge is 0.357 e. The summed E-state index contributed by atoms with van der Waals surface area (Å²) in [5.41, 5.74) is 0.301. The maximum atomic E-state index is 11.6. The SMILES string of the molecule is Cc1cc(O)cnc1C(=O)OC(C)(C)C. The van der Waals surface area contributed by atoms with Gasteiger partial charge in [-0.15, -0.1) is 0 Å². The van der Waals surface area contributed by atoms with Crippen LogP contribution >= 0.6 is 0 Å². The molecule has 0 saturated carbocycles. The number of ether oxygens (including phenoxy) is 1. The summed E-state index contributed by atoms with van der Waals surface area (Å²) in [7, 11) is 0. The van der Waals surface area contributed by atoms with Crippen molar-refractivity contribution in [1.82, 2.24) is 4.98 Å². The van der Waals surface area contributed by atoms with Crippen molar-refractivity contribution in [2.45, 2.75) is 33.3 Å². The first-order valence-electron chi connectivity index (χ1n) is 4.68. The minimum atomic E-state index is -0.539. The van der Waals surface area contributed by atoms with Crippen LogP contribution in [0.4, 0.5) is 0 Å². The summed E-state index contributed by atoms with van der Waals surface area (Å²) in [6.45, 7) is 7.08. The van der Waals surface area contributed by atoms with E-state index in [1.165, 1.54) is 12.3 Å². The second-order valence-corrected chi connectivity index (χ2v) is 4.36. The third kappa shape index (κ3) is 3.23. The zero-order chi connectivity index (χ0) is 11.6. The van der Waals surface area contributed by atoms with Gasteiger partial charge in [-0.05, 0) is 39.3 Å². The minimum Gasteiger partial charge on any atom is -0.506 e. The maximum absolute atomic E-state index is 11.6. The van der Waals surface area contributed by atoms with Gasteiger partial charge in [0, 0.05) is 0 Å². The van der Waals surface area contributed by atoms with Gasteiger partial charge in [-0.2, -0.15) is 0 Å². The van der Waals surface area contributed by atoms with Gasteiger partial charge in [0.15, 0.2) is 5.69 Å². The Labute approximate surface area is 88.9 Å². The monoisotopic (exact) mass is 209 g/mol. The summed E-state index contributed by atoms with van der Waals surface area (Å²) in [5, 5.41) is 9.14. The molecular weight excluding hydrogens is 194 g/mol. The van der Waals surface area contributed by atoms with Crippen LogP contribution in [0.25, 0.3) is 0 Å². The van der Waals surface area contributed by atoms with E-state index in [1.807, 2.05) is 0 Å². The van der Waals surface area contributed by atoms with Crippen LogP contribution in [-0.4, -0.2) is 21.7 Å². The van der Waals surface area contributed by atoms with Gasteiger partial charge in [-0.3, -0.25) is 0 Å². The van der Waals surface area contributed by atoms with Gasteiger partial charge in [-0.25, -0.2) is 9.78 Å². The van der Waals surface area contributed by atoms with Gasteiger partial charge in [-0.1, -0.05) is 0 Å². The molecular formula is C11H15NO3. The fourth-order valence-electron chi connectivity index (χ4n) is 1.10. The lowest BCUT2D eigenvalue weighted by molar-refractivity contribution is 0.00620. The Hall–Kier alpha value is -1.58. The summed E-state index contributed by atoms with van der Waals surface area (Å²) in [6.07, 6.45) is 1.23. The number of aryl methyl sites for hydroxylation is 1. The van der Waals surface area contributed by atoms with Crippen molar-refractivity contribution in [1.29, 1.82) is 0 Å². The predicted molar refractivity (Wildman–Crippen MR) is 55.8 cm³/mol. The summed E-state index contributed by atoms with van der Waals surface area (Å²) in [6, 6.07) is 1.48. The predicted octanol–water partition coefficient (Wildman–Crippen LogP) is 2.05. The number of carbonyl (C=O) groups is 1. The average molecular weight is 209 g/mol. The Bertz CT molecular complexity index is 380. The van der Waals surface area contributed by atoms with E-state index >= 15 is 0 Å². The fraction of sp³-hybridized carbons (Fsp3) is 0.455. The third-order valence-electron chi connectivity index (χ3n) is 1.66. The highest BCUT2D eigenvalue weighted by atomic mass is 16.6. The molecule has 0 amide bonds. The van der Waals surface area contributed by atoms with Crippen LogP contribution < -0.4 is 0 Å². The van der Waals surface area contributed by atoms with Crippen molar-refractivity contribution < 1.29 is 14.6 Å². The van der Waals surface area contributed by atoms with Gasteiger partial charge in [0.1, 0.15) is 11.4 Å². The molecule has 0 aliphatic carbocycles. The van der Waals surface area contributed by atoms with Crippen molar-refractivity contribution in [3.63, 3.8) is 0 Å². The fourth-order valence-corrected chi connectivity index (χ4v) is 1.10. The molecule has 1 heterocycles. The minimum absolute atomic E-state index is 0.0415. The molecule has 0 radical (unpaired) electrons. The molecule has 0 bridgehead atoms. The second kappa shape index (κ2) is 3.88. The van der Waals surface area contributed by atoms with E-state index in [-0.39, 0.29) is 11.4 Å². The molecule has 0 saturated heterocycles. The molecule has 1 N–H and O–H groups in total. The van der Waals surface area contributed by atoms with Gasteiger partial charge in [0.25, 0.3) is 0 Å². The van der Waals surface area contributed by atoms with Gasteiger partial charge in [0.05, 0.1) is 6.20 Å². The molecule has 1 rings (SSSR count). The summed E-state index contributed by atoms with van der Waals surface area (Å²) >= 11 is 0. The van der Waals surface area contributed by atoms with Crippen molar-refractivity contribution in [3.05, 3.63) is 23.5 Å². The highest BCUT2D eigenvalue weighted by molar-refractivity contribution is 5.89. The third-order valence-corrected chi connectivity index (χ3v) is 1.66. The van der Waals surface area contributed by atoms with E-state index in [0.29, 0.717) is 5.56 Å². The van der Waals surface area contributed by atoms with Crippen molar-refractivity contribution in [2.24, 2.45) is 0 Å². The molecule has 0 aliphatic rings. The Kier molecular flexibility index (Phi) is 2.98. The lowest BCUT2D eigenvalue weighted by Gasteiger charge is -2.19. The van der Waals surface area contributed by atoms with E-state index < -0.39 is 11.6 Å². The summed E-state index contributed by atoms with van der Waals surface area (Å²) in [4.78, 5) is 15.5. The number of esters is 1. The standard InChI is InChI=1S/C11H15NO3/c1-7-5-8(13)6-12-9(7)10(14)15-11(2,3)4/h5-6,13H,1-4H3. The van der Waals surface area contributed by atoms with Crippen LogP contribution in [0.15, 0.2) is 12.3 Å². The molecule has 4 heteroatoms. The molecule has 1 aromatic heterocycles. The highest BCUT2D eigenvalue weighted by Gasteiger charge is 2.20. The molecule has 0 atom stereocenters. The number of carbonyl (C=O) groups excluding carboxylic acids is 1. The Morgan fingerprint density at radius 2 is 2.07 bits per heavy atom. The first-order chi connectivity index (χ1) is 6.79. The zero-order valence-electron chi connectivity index (χ0n) is 9.37. The van der Waals surface area contributed by atoms with E-state index in [0.717, 1.165) is 0 Å². The number of hydrogen-bond acceptors (Lipinski definition) is 4. The first kappa shape index (κ1) is 11.5. The van der Waals surface area contributed by atoms with Gasteiger partial charge in [0.2, 0.25) is 0 Å². The van der Waals surface area contributed by atoms with Crippen molar-refractivity contribution >= 4 is 5.97 Å². The zero-order valence-corrected chi connectivity index (χ0v) is 9.37. The van der Waals surface area contributed by atoms with Crippen LogP contribution in [0, 0.1) is 6.92 Å². The van der Waals surface area contributed by atoms with Gasteiger partial charge < -0.3 is 9.84 Å². The van der Waals surface area contributed by atoms with Crippen LogP contribution in [0.1, 0.15) is 36.8 Å². The Morgan fingerprint density at radius 3 is 2.53 bits per heavy atom. The lowest BCUT2D eigenvalue weighted by Crippen LogP contribution is -2.24. The van der Waals surface area contributed by atoms with Crippen molar-refractivity contribution in [2.75, 3.05) is 0 Å². The van der Waals surface area contributed by atoms with Crippen LogP contribution in [-0.2, 0) is 4.74 Å². The van der Waals surface area contributed by atoms with E-state index in [9.17, 15) is 4.79 Å². The largest absolute Gasteiger partial charge is 0.506 e. The molecule has 0 unspecified atom stereocenters. The number of rotatable bonds is 1. The van der Waals surface area contributed by atoms with E-state index in [4.69, 9.17) is 9.84 Å². The number of aromatic hydroxyl groups is 1. The number of aromatic nitrogens is 1. The molecule has 0 aromatic carbocycles. The first-order valence-corrected chi connectivity index (χ1v) is 4.68. The lowest BCUT2D eigenvalue weighted by atomic mass is 10.1. The molecule has 0 aliphatic heterocycles. The van der Waals surface area contributed by atoms with E-state index in [1.54, 1.807) is 27.7 Å². The normalized spacial score (nSPS) is 11.2. The quantitative estimate of drug-likeness (QED) is 0.719. The Balaban J connectivity index is 2.92. The van der Waals surface area contributed by atoms with E-state index in [2.05, 4.69) is 4.98 Å². The highest BCUT2D eigenvalue weighted by Crippen LogP contribution is 2.16. The summed E-state index contributed by atoms with van der Waals surface area (Å²) < 4.78 is 5.16. The molecule has 82 valence electrons. The van der Waals surface area contributed by atoms with Crippen LogP contribution in [0.3, 0.4) is 0 Å². The maximum Gasteiger partial charge on any atom is 0.357 e. The molecule has 4 nitrogen and oxygen atoms in total. The van der Waals surface area contributed by atoms with Gasteiger partial charge >= 0.3 is 5.97 Å². The second-order valence-electron chi connectivity index (χ2n) is 4.36. The topological polar surface area (TPSA) is 59.4 Å². The summed E-state index contributed by atoms with van der Waals surface area (Å²) in [5.74, 6) is -0.431.